The van der Waals surface area contributed by atoms with Crippen LogP contribution >= 0.6 is 11.6 Å². The lowest BCUT2D eigenvalue weighted by molar-refractivity contribution is 0.301. The van der Waals surface area contributed by atoms with Gasteiger partial charge in [-0.2, -0.15) is 10.2 Å². The Morgan fingerprint density at radius 1 is 1.33 bits per heavy atom. The Morgan fingerprint density at radius 2 is 2.22 bits per heavy atom. The summed E-state index contributed by atoms with van der Waals surface area (Å²) < 4.78 is 7.72. The van der Waals surface area contributed by atoms with Crippen LogP contribution in [0.2, 0.25) is 5.02 Å². The Bertz CT molecular complexity index is 919. The minimum atomic E-state index is 0.457. The number of H-pyrrole nitrogens is 1. The molecule has 0 spiro atoms. The van der Waals surface area contributed by atoms with Crippen LogP contribution < -0.4 is 4.74 Å². The highest BCUT2D eigenvalue weighted by Crippen LogP contribution is 2.28. The third-order valence-corrected chi connectivity index (χ3v) is 5.50. The van der Waals surface area contributed by atoms with Gasteiger partial charge in [0, 0.05) is 42.3 Å². The van der Waals surface area contributed by atoms with Crippen LogP contribution in [0, 0.1) is 6.92 Å². The molecule has 0 aliphatic carbocycles. The molecule has 0 bridgehead atoms. The summed E-state index contributed by atoms with van der Waals surface area (Å²) in [6.07, 6.45) is 3.10. The molecule has 1 N–H and O–H groups in total. The summed E-state index contributed by atoms with van der Waals surface area (Å²) >= 11 is 5.99. The van der Waals surface area contributed by atoms with E-state index in [0.717, 1.165) is 43.2 Å². The molecule has 0 amide bonds. The SMILES string of the molecule is Cc1c(CN2CC[C@H](c3cc(COc4cccc(Cl)c4)[nH]n3)C2)cnn1C. The first-order chi connectivity index (χ1) is 13.1. The van der Waals surface area contributed by atoms with Crippen LogP contribution in [0.4, 0.5) is 0 Å². The highest BCUT2D eigenvalue weighted by Gasteiger charge is 2.26. The van der Waals surface area contributed by atoms with Gasteiger partial charge >= 0.3 is 0 Å². The Morgan fingerprint density at radius 3 is 3.00 bits per heavy atom. The first kappa shape index (κ1) is 18.1. The van der Waals surface area contributed by atoms with Crippen LogP contribution in [0.15, 0.2) is 36.5 Å². The van der Waals surface area contributed by atoms with Crippen LogP contribution in [-0.4, -0.2) is 38.0 Å². The average Bonchev–Trinajstić information content (AvgIpc) is 3.37. The third kappa shape index (κ3) is 4.17. The second-order valence-corrected chi connectivity index (χ2v) is 7.60. The number of nitrogens with one attached hydrogen (secondary N) is 1. The van der Waals surface area contributed by atoms with Crippen molar-refractivity contribution in [3.8, 4) is 5.75 Å². The maximum Gasteiger partial charge on any atom is 0.130 e. The molecule has 0 unspecified atom stereocenters. The molecular formula is C20H24ClN5O. The van der Waals surface area contributed by atoms with Crippen molar-refractivity contribution in [2.45, 2.75) is 32.4 Å². The number of halogens is 1. The fourth-order valence-corrected chi connectivity index (χ4v) is 3.72. The van der Waals surface area contributed by atoms with E-state index in [4.69, 9.17) is 16.3 Å². The first-order valence-corrected chi connectivity index (χ1v) is 9.58. The molecule has 3 aromatic rings. The Hall–Kier alpha value is -2.31. The zero-order valence-electron chi connectivity index (χ0n) is 15.7. The van der Waals surface area contributed by atoms with Crippen LogP contribution in [0.3, 0.4) is 0 Å². The molecule has 1 saturated heterocycles. The summed E-state index contributed by atoms with van der Waals surface area (Å²) in [5.74, 6) is 1.22. The number of ether oxygens (including phenoxy) is 1. The Kier molecular flexibility index (Phi) is 5.18. The van der Waals surface area contributed by atoms with E-state index in [1.165, 1.54) is 11.3 Å². The van der Waals surface area contributed by atoms with E-state index in [-0.39, 0.29) is 0 Å². The topological polar surface area (TPSA) is 59.0 Å². The van der Waals surface area contributed by atoms with Gasteiger partial charge in [0.05, 0.1) is 17.6 Å². The van der Waals surface area contributed by atoms with Crippen molar-refractivity contribution in [2.75, 3.05) is 13.1 Å². The van der Waals surface area contributed by atoms with Gasteiger partial charge in [0.25, 0.3) is 0 Å². The predicted molar refractivity (Wildman–Crippen MR) is 105 cm³/mol. The van der Waals surface area contributed by atoms with E-state index in [9.17, 15) is 0 Å². The standard InChI is InChI=1S/C20H24ClN5O/c1-14-16(10-22-25(14)2)12-26-7-6-15(11-26)20-9-18(23-24-20)13-27-19-5-3-4-17(21)8-19/h3-5,8-10,15H,6-7,11-13H2,1-2H3,(H,23,24)/t15-/m0/s1. The van der Waals surface area contributed by atoms with Gasteiger partial charge in [-0.3, -0.25) is 14.7 Å². The van der Waals surface area contributed by atoms with Gasteiger partial charge in [0.2, 0.25) is 0 Å². The van der Waals surface area contributed by atoms with Gasteiger partial charge in [-0.15, -0.1) is 0 Å². The zero-order chi connectivity index (χ0) is 18.8. The quantitative estimate of drug-likeness (QED) is 0.703. The van der Waals surface area contributed by atoms with E-state index >= 15 is 0 Å². The lowest BCUT2D eigenvalue weighted by atomic mass is 10.1. The lowest BCUT2D eigenvalue weighted by Gasteiger charge is -2.15. The summed E-state index contributed by atoms with van der Waals surface area (Å²) in [4.78, 5) is 2.48. The second kappa shape index (κ2) is 7.74. The number of benzene rings is 1. The largest absolute Gasteiger partial charge is 0.487 e. The minimum absolute atomic E-state index is 0.457. The third-order valence-electron chi connectivity index (χ3n) is 5.26. The molecule has 2 aromatic heterocycles. The molecule has 6 nitrogen and oxygen atoms in total. The Balaban J connectivity index is 1.33. The van der Waals surface area contributed by atoms with Gasteiger partial charge in [0.15, 0.2) is 0 Å². The van der Waals surface area contributed by atoms with Gasteiger partial charge in [-0.05, 0) is 44.2 Å². The molecule has 0 radical (unpaired) electrons. The van der Waals surface area contributed by atoms with Crippen LogP contribution in [0.1, 0.15) is 35.0 Å². The van der Waals surface area contributed by atoms with E-state index in [0.29, 0.717) is 17.5 Å². The number of hydrogen-bond donors (Lipinski definition) is 1. The van der Waals surface area contributed by atoms with E-state index in [1.807, 2.05) is 42.2 Å². The van der Waals surface area contributed by atoms with Crippen molar-refractivity contribution in [1.29, 1.82) is 0 Å². The minimum Gasteiger partial charge on any atom is -0.487 e. The van der Waals surface area contributed by atoms with E-state index in [1.54, 1.807) is 0 Å². The molecule has 1 aromatic carbocycles. The second-order valence-electron chi connectivity index (χ2n) is 7.16. The summed E-state index contributed by atoms with van der Waals surface area (Å²) in [5.41, 5.74) is 4.63. The van der Waals surface area contributed by atoms with Gasteiger partial charge < -0.3 is 4.74 Å². The fraction of sp³-hybridized carbons (Fsp3) is 0.400. The summed E-state index contributed by atoms with van der Waals surface area (Å²) in [5, 5.41) is 12.6. The van der Waals surface area contributed by atoms with Crippen LogP contribution in [0.25, 0.3) is 0 Å². The van der Waals surface area contributed by atoms with E-state index in [2.05, 4.69) is 33.2 Å². The number of aromatic nitrogens is 4. The molecule has 3 heterocycles. The predicted octanol–water partition coefficient (Wildman–Crippen LogP) is 3.67. The maximum absolute atomic E-state index is 5.99. The first-order valence-electron chi connectivity index (χ1n) is 9.21. The summed E-state index contributed by atoms with van der Waals surface area (Å²) in [7, 11) is 1.99. The molecule has 1 atom stereocenters. The van der Waals surface area contributed by atoms with Crippen molar-refractivity contribution < 1.29 is 4.74 Å². The summed E-state index contributed by atoms with van der Waals surface area (Å²) in [6, 6.07) is 9.55. The normalized spacial score (nSPS) is 17.5. The van der Waals surface area contributed by atoms with Crippen molar-refractivity contribution in [3.63, 3.8) is 0 Å². The number of likely N-dealkylation sites (tertiary alicyclic amines) is 1. The lowest BCUT2D eigenvalue weighted by Crippen LogP contribution is -2.20. The van der Waals surface area contributed by atoms with Gasteiger partial charge in [-0.1, -0.05) is 17.7 Å². The number of aromatic amines is 1. The molecular weight excluding hydrogens is 362 g/mol. The average molecular weight is 386 g/mol. The molecule has 1 aliphatic heterocycles. The van der Waals surface area contributed by atoms with E-state index < -0.39 is 0 Å². The molecule has 1 aliphatic rings. The number of nitrogens with zero attached hydrogens (tertiary/aromatic N) is 4. The smallest absolute Gasteiger partial charge is 0.130 e. The van der Waals surface area contributed by atoms with Gasteiger partial charge in [0.1, 0.15) is 12.4 Å². The molecule has 0 saturated carbocycles. The van der Waals surface area contributed by atoms with Gasteiger partial charge in [-0.25, -0.2) is 0 Å². The molecule has 1 fully saturated rings. The van der Waals surface area contributed by atoms with Crippen LogP contribution in [-0.2, 0) is 20.2 Å². The molecule has 4 rings (SSSR count). The molecule has 7 heteroatoms. The van der Waals surface area contributed by atoms with Crippen molar-refractivity contribution in [1.82, 2.24) is 24.9 Å². The van der Waals surface area contributed by atoms with Crippen molar-refractivity contribution in [2.24, 2.45) is 7.05 Å². The van der Waals surface area contributed by atoms with Crippen molar-refractivity contribution >= 4 is 11.6 Å². The maximum atomic E-state index is 5.99. The van der Waals surface area contributed by atoms with Crippen molar-refractivity contribution in [3.05, 3.63) is 64.2 Å². The monoisotopic (exact) mass is 385 g/mol. The number of rotatable bonds is 6. The highest BCUT2D eigenvalue weighted by atomic mass is 35.5. The highest BCUT2D eigenvalue weighted by molar-refractivity contribution is 6.30. The summed E-state index contributed by atoms with van der Waals surface area (Å²) in [6.45, 7) is 5.63. The molecule has 27 heavy (non-hydrogen) atoms. The molecule has 142 valence electrons. The zero-order valence-corrected chi connectivity index (χ0v) is 16.4. The number of aryl methyl sites for hydroxylation is 1. The number of hydrogen-bond acceptors (Lipinski definition) is 4. The Labute approximate surface area is 164 Å². The van der Waals surface area contributed by atoms with Crippen LogP contribution in [0.5, 0.6) is 5.75 Å². The fourth-order valence-electron chi connectivity index (χ4n) is 3.54.